The van der Waals surface area contributed by atoms with Crippen LogP contribution >= 0.6 is 0 Å². The van der Waals surface area contributed by atoms with E-state index in [9.17, 15) is 4.79 Å². The lowest BCUT2D eigenvalue weighted by Crippen LogP contribution is -2.32. The smallest absolute Gasteiger partial charge is 0.250 e. The molecule has 0 saturated heterocycles. The molecule has 0 unspecified atom stereocenters. The predicted molar refractivity (Wildman–Crippen MR) is 97.9 cm³/mol. The van der Waals surface area contributed by atoms with Crippen LogP contribution in [0.2, 0.25) is 0 Å². The summed E-state index contributed by atoms with van der Waals surface area (Å²) in [6, 6.07) is 10.3. The number of hydrogen-bond donors (Lipinski definition) is 0. The van der Waals surface area contributed by atoms with Crippen molar-refractivity contribution in [1.82, 2.24) is 9.47 Å². The average molecular weight is 323 g/mol. The summed E-state index contributed by atoms with van der Waals surface area (Å²) in [7, 11) is 3.86. The van der Waals surface area contributed by atoms with Crippen LogP contribution in [0, 0.1) is 5.92 Å². The highest BCUT2D eigenvalue weighted by molar-refractivity contribution is 5.63. The molecule has 0 atom stereocenters. The van der Waals surface area contributed by atoms with Crippen molar-refractivity contribution >= 4 is 11.4 Å². The third-order valence-corrected chi connectivity index (χ3v) is 5.34. The van der Waals surface area contributed by atoms with Crippen molar-refractivity contribution in [3.63, 3.8) is 0 Å². The molecule has 0 spiro atoms. The topological polar surface area (TPSA) is 28.5 Å². The first kappa shape index (κ1) is 15.5. The molecule has 2 heterocycles. The predicted octanol–water partition coefficient (Wildman–Crippen LogP) is 2.92. The van der Waals surface area contributed by atoms with Crippen LogP contribution in [0.1, 0.15) is 24.0 Å². The Bertz CT molecular complexity index is 807. The van der Waals surface area contributed by atoms with Gasteiger partial charge in [0.1, 0.15) is 0 Å². The Labute approximate surface area is 143 Å². The maximum atomic E-state index is 11.6. The van der Waals surface area contributed by atoms with Gasteiger partial charge < -0.3 is 9.47 Å². The summed E-state index contributed by atoms with van der Waals surface area (Å²) in [5.41, 5.74) is 5.17. The Balaban J connectivity index is 1.57. The van der Waals surface area contributed by atoms with Gasteiger partial charge in [-0.25, -0.2) is 0 Å². The van der Waals surface area contributed by atoms with Crippen LogP contribution in [0.4, 0.5) is 11.4 Å². The van der Waals surface area contributed by atoms with Gasteiger partial charge >= 0.3 is 0 Å². The first-order chi connectivity index (χ1) is 11.6. The van der Waals surface area contributed by atoms with Crippen LogP contribution < -0.4 is 10.5 Å². The van der Waals surface area contributed by atoms with E-state index in [4.69, 9.17) is 0 Å². The molecule has 1 aliphatic carbocycles. The molecule has 0 N–H and O–H groups in total. The van der Waals surface area contributed by atoms with Gasteiger partial charge in [0.25, 0.3) is 0 Å². The number of aromatic nitrogens is 1. The van der Waals surface area contributed by atoms with Gasteiger partial charge in [-0.15, -0.1) is 0 Å². The van der Waals surface area contributed by atoms with Crippen LogP contribution in [-0.2, 0) is 20.0 Å². The lowest BCUT2D eigenvalue weighted by Gasteiger charge is -2.30. The Morgan fingerprint density at radius 2 is 1.92 bits per heavy atom. The van der Waals surface area contributed by atoms with E-state index in [0.717, 1.165) is 24.6 Å². The summed E-state index contributed by atoms with van der Waals surface area (Å²) in [6.07, 6.45) is 5.88. The maximum absolute atomic E-state index is 11.6. The standard InChI is InChI=1S/C20H25N3O/c1-21-14-19(7-8-20(21)24)22(2)18-6-5-16-9-10-23(12-15-3-4-15)13-17(16)11-18/h5-8,11,14-15H,3-4,9-10,12-13H2,1-2H3. The molecule has 0 radical (unpaired) electrons. The quantitative estimate of drug-likeness (QED) is 0.866. The van der Waals surface area contributed by atoms with E-state index in [2.05, 4.69) is 35.0 Å². The molecule has 1 aromatic heterocycles. The van der Waals surface area contributed by atoms with Crippen molar-refractivity contribution in [2.24, 2.45) is 13.0 Å². The van der Waals surface area contributed by atoms with E-state index < -0.39 is 0 Å². The molecule has 2 aromatic rings. The largest absolute Gasteiger partial charge is 0.343 e. The molecule has 4 nitrogen and oxygen atoms in total. The molecule has 4 heteroatoms. The molecule has 24 heavy (non-hydrogen) atoms. The van der Waals surface area contributed by atoms with Crippen LogP contribution in [0.5, 0.6) is 0 Å². The second-order valence-corrected chi connectivity index (χ2v) is 7.28. The van der Waals surface area contributed by atoms with E-state index in [-0.39, 0.29) is 5.56 Å². The summed E-state index contributed by atoms with van der Waals surface area (Å²) in [4.78, 5) is 16.3. The Morgan fingerprint density at radius 3 is 2.67 bits per heavy atom. The summed E-state index contributed by atoms with van der Waals surface area (Å²) in [5.74, 6) is 0.947. The van der Waals surface area contributed by atoms with Crippen molar-refractivity contribution in [3.8, 4) is 0 Å². The zero-order valence-electron chi connectivity index (χ0n) is 14.5. The number of nitrogens with zero attached hydrogens (tertiary/aromatic N) is 3. The van der Waals surface area contributed by atoms with E-state index in [0.29, 0.717) is 0 Å². The van der Waals surface area contributed by atoms with Crippen molar-refractivity contribution in [1.29, 1.82) is 0 Å². The van der Waals surface area contributed by atoms with Gasteiger partial charge in [0.05, 0.1) is 5.69 Å². The van der Waals surface area contributed by atoms with Gasteiger partial charge in [0.15, 0.2) is 0 Å². The van der Waals surface area contributed by atoms with E-state index in [1.807, 2.05) is 12.3 Å². The minimum atomic E-state index is 0.0216. The number of pyridine rings is 1. The Morgan fingerprint density at radius 1 is 1.12 bits per heavy atom. The molecule has 0 amide bonds. The molecule has 0 bridgehead atoms. The Kier molecular flexibility index (Phi) is 3.93. The second kappa shape index (κ2) is 6.10. The summed E-state index contributed by atoms with van der Waals surface area (Å²) in [5, 5.41) is 0. The molecular weight excluding hydrogens is 298 g/mol. The van der Waals surface area contributed by atoms with Crippen LogP contribution in [0.15, 0.2) is 41.3 Å². The lowest BCUT2D eigenvalue weighted by molar-refractivity contribution is 0.244. The van der Waals surface area contributed by atoms with Gasteiger partial charge in [-0.3, -0.25) is 9.69 Å². The van der Waals surface area contributed by atoms with Gasteiger partial charge in [-0.05, 0) is 54.5 Å². The Hall–Kier alpha value is -2.07. The second-order valence-electron chi connectivity index (χ2n) is 7.28. The first-order valence-electron chi connectivity index (χ1n) is 8.85. The molecule has 1 aliphatic heterocycles. The SMILES string of the molecule is CN(c1ccc2c(c1)CN(CC1CC1)CC2)c1ccc(=O)n(C)c1. The highest BCUT2D eigenvalue weighted by atomic mass is 16.1. The lowest BCUT2D eigenvalue weighted by atomic mass is 9.98. The minimum absolute atomic E-state index is 0.0216. The number of benzene rings is 1. The zero-order valence-corrected chi connectivity index (χ0v) is 14.5. The molecule has 126 valence electrons. The van der Waals surface area contributed by atoms with E-state index in [1.54, 1.807) is 17.7 Å². The zero-order chi connectivity index (χ0) is 16.7. The molecule has 1 saturated carbocycles. The first-order valence-corrected chi connectivity index (χ1v) is 8.85. The van der Waals surface area contributed by atoms with Crippen LogP contribution in [-0.4, -0.2) is 29.6 Å². The van der Waals surface area contributed by atoms with E-state index in [1.165, 1.54) is 42.7 Å². The van der Waals surface area contributed by atoms with Crippen LogP contribution in [0.25, 0.3) is 0 Å². The summed E-state index contributed by atoms with van der Waals surface area (Å²) < 4.78 is 1.63. The van der Waals surface area contributed by atoms with Crippen molar-refractivity contribution in [2.45, 2.75) is 25.8 Å². The number of fused-ring (bicyclic) bond motifs is 1. The minimum Gasteiger partial charge on any atom is -0.343 e. The molecular formula is C20H25N3O. The maximum Gasteiger partial charge on any atom is 0.250 e. The highest BCUT2D eigenvalue weighted by Crippen LogP contribution is 2.33. The van der Waals surface area contributed by atoms with Crippen molar-refractivity contribution < 1.29 is 0 Å². The van der Waals surface area contributed by atoms with Gasteiger partial charge in [-0.2, -0.15) is 0 Å². The van der Waals surface area contributed by atoms with Crippen molar-refractivity contribution in [2.75, 3.05) is 25.0 Å². The molecule has 1 fully saturated rings. The third-order valence-electron chi connectivity index (χ3n) is 5.34. The molecule has 4 rings (SSSR count). The number of hydrogen-bond acceptors (Lipinski definition) is 3. The number of rotatable bonds is 4. The fourth-order valence-corrected chi connectivity index (χ4v) is 3.56. The molecule has 1 aromatic carbocycles. The number of aryl methyl sites for hydroxylation is 1. The molecule has 2 aliphatic rings. The third kappa shape index (κ3) is 3.11. The fraction of sp³-hybridized carbons (Fsp3) is 0.450. The van der Waals surface area contributed by atoms with Gasteiger partial charge in [0.2, 0.25) is 5.56 Å². The van der Waals surface area contributed by atoms with Crippen LogP contribution in [0.3, 0.4) is 0 Å². The summed E-state index contributed by atoms with van der Waals surface area (Å²) in [6.45, 7) is 3.53. The monoisotopic (exact) mass is 323 g/mol. The normalized spacial score (nSPS) is 17.6. The highest BCUT2D eigenvalue weighted by Gasteiger charge is 2.26. The van der Waals surface area contributed by atoms with Crippen molar-refractivity contribution in [3.05, 3.63) is 58.0 Å². The fourth-order valence-electron chi connectivity index (χ4n) is 3.56. The number of anilines is 2. The summed E-state index contributed by atoms with van der Waals surface area (Å²) >= 11 is 0. The average Bonchev–Trinajstić information content (AvgIpc) is 3.40. The van der Waals surface area contributed by atoms with Gasteiger partial charge in [-0.1, -0.05) is 6.07 Å². The van der Waals surface area contributed by atoms with Gasteiger partial charge in [0, 0.05) is 51.7 Å². The van der Waals surface area contributed by atoms with E-state index >= 15 is 0 Å².